The summed E-state index contributed by atoms with van der Waals surface area (Å²) < 4.78 is 34.4. The lowest BCUT2D eigenvalue weighted by atomic mass is 10.1. The largest absolute Gasteiger partial charge is 0.454 e. The third kappa shape index (κ3) is 3.56. The summed E-state index contributed by atoms with van der Waals surface area (Å²) in [6, 6.07) is 15.4. The maximum absolute atomic E-state index is 13.0. The molecule has 29 heavy (non-hydrogen) atoms. The minimum absolute atomic E-state index is 0.242. The number of anilines is 2. The fraction of sp³-hybridized carbons (Fsp3) is 0.136. The molecule has 7 heteroatoms. The zero-order chi connectivity index (χ0) is 20.8. The molecule has 3 aromatic carbocycles. The van der Waals surface area contributed by atoms with E-state index in [9.17, 15) is 13.2 Å². The Bertz CT molecular complexity index is 1230. The van der Waals surface area contributed by atoms with E-state index in [1.807, 2.05) is 25.1 Å². The molecule has 4 rings (SSSR count). The Labute approximate surface area is 169 Å². The van der Waals surface area contributed by atoms with Crippen LogP contribution in [-0.4, -0.2) is 14.3 Å². The van der Waals surface area contributed by atoms with Crippen molar-refractivity contribution >= 4 is 27.3 Å². The number of ether oxygens (including phenoxy) is 1. The van der Waals surface area contributed by atoms with Crippen molar-refractivity contribution in [1.82, 2.24) is 0 Å². The van der Waals surface area contributed by atoms with Gasteiger partial charge in [0.15, 0.2) is 5.75 Å². The number of rotatable bonds is 3. The van der Waals surface area contributed by atoms with E-state index in [4.69, 9.17) is 4.74 Å². The van der Waals surface area contributed by atoms with Crippen molar-refractivity contribution in [2.75, 3.05) is 10.0 Å². The monoisotopic (exact) mass is 408 g/mol. The van der Waals surface area contributed by atoms with Crippen molar-refractivity contribution in [2.24, 2.45) is 0 Å². The van der Waals surface area contributed by atoms with Gasteiger partial charge in [-0.3, -0.25) is 9.52 Å². The second-order valence-corrected chi connectivity index (χ2v) is 8.72. The summed E-state index contributed by atoms with van der Waals surface area (Å²) in [7, 11) is -3.82. The highest BCUT2D eigenvalue weighted by Gasteiger charge is 2.24. The predicted molar refractivity (Wildman–Crippen MR) is 112 cm³/mol. The second-order valence-electron chi connectivity index (χ2n) is 7.10. The number of amides is 1. The predicted octanol–water partition coefficient (Wildman–Crippen LogP) is 4.77. The molecule has 1 aliphatic heterocycles. The van der Waals surface area contributed by atoms with Crippen LogP contribution >= 0.6 is 0 Å². The summed E-state index contributed by atoms with van der Waals surface area (Å²) >= 11 is 0. The second kappa shape index (κ2) is 6.93. The minimum atomic E-state index is -3.82. The molecule has 0 saturated carbocycles. The van der Waals surface area contributed by atoms with Crippen LogP contribution < -0.4 is 14.8 Å². The fourth-order valence-corrected chi connectivity index (χ4v) is 5.13. The third-order valence-corrected chi connectivity index (χ3v) is 6.39. The number of fused-ring (bicyclic) bond motifs is 2. The minimum Gasteiger partial charge on any atom is -0.454 e. The lowest BCUT2D eigenvalue weighted by molar-refractivity contribution is 0.102. The Balaban J connectivity index is 1.70. The molecular weight excluding hydrogens is 388 g/mol. The van der Waals surface area contributed by atoms with Crippen LogP contribution in [0.15, 0.2) is 59.5 Å². The highest BCUT2D eigenvalue weighted by atomic mass is 32.2. The summed E-state index contributed by atoms with van der Waals surface area (Å²) in [6.45, 7) is 5.46. The molecule has 0 saturated heterocycles. The third-order valence-electron chi connectivity index (χ3n) is 4.70. The van der Waals surface area contributed by atoms with E-state index < -0.39 is 10.0 Å². The van der Waals surface area contributed by atoms with E-state index in [-0.39, 0.29) is 22.1 Å². The molecule has 6 nitrogen and oxygen atoms in total. The maximum Gasteiger partial charge on any atom is 0.262 e. The number of sulfonamides is 1. The van der Waals surface area contributed by atoms with E-state index in [0.717, 1.165) is 5.56 Å². The molecular formula is C22H20N2O4S. The SMILES string of the molecule is Cc1cc(C)c(S(=O)(=O)Nc2ccc3c(c2)C(=O)Nc2ccccc2O3)c(C)c1. The normalized spacial score (nSPS) is 12.9. The van der Waals surface area contributed by atoms with Gasteiger partial charge in [-0.15, -0.1) is 0 Å². The van der Waals surface area contributed by atoms with Gasteiger partial charge in [0, 0.05) is 5.69 Å². The van der Waals surface area contributed by atoms with E-state index in [2.05, 4.69) is 10.0 Å². The van der Waals surface area contributed by atoms with E-state index in [1.54, 1.807) is 44.2 Å². The summed E-state index contributed by atoms with van der Waals surface area (Å²) in [6.07, 6.45) is 0. The van der Waals surface area contributed by atoms with Crippen molar-refractivity contribution in [3.63, 3.8) is 0 Å². The van der Waals surface area contributed by atoms with Crippen LogP contribution in [0.1, 0.15) is 27.0 Å². The number of benzene rings is 3. The first-order chi connectivity index (χ1) is 13.7. The molecule has 1 amide bonds. The molecule has 2 N–H and O–H groups in total. The Morgan fingerprint density at radius 3 is 2.31 bits per heavy atom. The smallest absolute Gasteiger partial charge is 0.262 e. The Hall–Kier alpha value is -3.32. The standard InChI is InChI=1S/C22H20N2O4S/c1-13-10-14(2)21(15(3)11-13)29(26,27)24-16-8-9-19-17(12-16)22(25)23-18-6-4-5-7-20(18)28-19/h4-12,24H,1-3H3,(H,23,25). The summed E-state index contributed by atoms with van der Waals surface area (Å²) in [5, 5.41) is 2.78. The van der Waals surface area contributed by atoms with Gasteiger partial charge in [-0.2, -0.15) is 0 Å². The molecule has 3 aromatic rings. The highest BCUT2D eigenvalue weighted by molar-refractivity contribution is 7.92. The van der Waals surface area contributed by atoms with Crippen LogP contribution in [0.3, 0.4) is 0 Å². The van der Waals surface area contributed by atoms with Gasteiger partial charge in [0.2, 0.25) is 0 Å². The van der Waals surface area contributed by atoms with E-state index in [0.29, 0.717) is 28.3 Å². The van der Waals surface area contributed by atoms with Crippen molar-refractivity contribution in [3.05, 3.63) is 76.9 Å². The van der Waals surface area contributed by atoms with Gasteiger partial charge in [0.25, 0.3) is 15.9 Å². The van der Waals surface area contributed by atoms with Crippen LogP contribution in [0, 0.1) is 20.8 Å². The molecule has 0 atom stereocenters. The number of nitrogens with one attached hydrogen (secondary N) is 2. The fourth-order valence-electron chi connectivity index (χ4n) is 3.62. The molecule has 0 aromatic heterocycles. The summed E-state index contributed by atoms with van der Waals surface area (Å²) in [5.41, 5.74) is 3.42. The highest BCUT2D eigenvalue weighted by Crippen LogP contribution is 2.36. The number of carbonyl (C=O) groups excluding carboxylic acids is 1. The topological polar surface area (TPSA) is 84.5 Å². The van der Waals surface area contributed by atoms with E-state index in [1.165, 1.54) is 6.07 Å². The average molecular weight is 408 g/mol. The van der Waals surface area contributed by atoms with Crippen molar-refractivity contribution < 1.29 is 17.9 Å². The van der Waals surface area contributed by atoms with Gasteiger partial charge in [-0.25, -0.2) is 8.42 Å². The quantitative estimate of drug-likeness (QED) is 0.654. The first kappa shape index (κ1) is 19.0. The molecule has 0 fully saturated rings. The number of hydrogen-bond acceptors (Lipinski definition) is 4. The first-order valence-electron chi connectivity index (χ1n) is 9.07. The molecule has 148 valence electrons. The van der Waals surface area contributed by atoms with Gasteiger partial charge in [0.05, 0.1) is 16.1 Å². The Morgan fingerprint density at radius 2 is 1.59 bits per heavy atom. The number of aryl methyl sites for hydroxylation is 3. The van der Waals surface area contributed by atoms with Gasteiger partial charge in [-0.05, 0) is 62.2 Å². The molecule has 1 aliphatic rings. The summed E-state index contributed by atoms with van der Waals surface area (Å²) in [5.74, 6) is 0.519. The lowest BCUT2D eigenvalue weighted by Gasteiger charge is -2.15. The van der Waals surface area contributed by atoms with Gasteiger partial charge in [-0.1, -0.05) is 29.8 Å². The van der Waals surface area contributed by atoms with Crippen LogP contribution in [-0.2, 0) is 10.0 Å². The van der Waals surface area contributed by atoms with Gasteiger partial charge < -0.3 is 10.1 Å². The van der Waals surface area contributed by atoms with E-state index >= 15 is 0 Å². The zero-order valence-electron chi connectivity index (χ0n) is 16.2. The van der Waals surface area contributed by atoms with Crippen LogP contribution in [0.2, 0.25) is 0 Å². The van der Waals surface area contributed by atoms with Crippen LogP contribution in [0.4, 0.5) is 11.4 Å². The van der Waals surface area contributed by atoms with Crippen LogP contribution in [0.5, 0.6) is 11.5 Å². The maximum atomic E-state index is 13.0. The summed E-state index contributed by atoms with van der Waals surface area (Å²) in [4.78, 5) is 12.9. The number of para-hydroxylation sites is 2. The van der Waals surface area contributed by atoms with Crippen molar-refractivity contribution in [2.45, 2.75) is 25.7 Å². The van der Waals surface area contributed by atoms with Crippen molar-refractivity contribution in [3.8, 4) is 11.5 Å². The lowest BCUT2D eigenvalue weighted by Crippen LogP contribution is -2.17. The van der Waals surface area contributed by atoms with Crippen LogP contribution in [0.25, 0.3) is 0 Å². The van der Waals surface area contributed by atoms with Gasteiger partial charge >= 0.3 is 0 Å². The Morgan fingerprint density at radius 1 is 0.897 bits per heavy atom. The Kier molecular flexibility index (Phi) is 4.55. The molecule has 0 spiro atoms. The first-order valence-corrected chi connectivity index (χ1v) is 10.6. The number of hydrogen-bond donors (Lipinski definition) is 2. The molecule has 0 aliphatic carbocycles. The van der Waals surface area contributed by atoms with Gasteiger partial charge in [0.1, 0.15) is 5.75 Å². The zero-order valence-corrected chi connectivity index (χ0v) is 17.1. The molecule has 0 bridgehead atoms. The molecule has 0 unspecified atom stereocenters. The van der Waals surface area contributed by atoms with Crippen molar-refractivity contribution in [1.29, 1.82) is 0 Å². The average Bonchev–Trinajstić information content (AvgIpc) is 2.76. The number of carbonyl (C=O) groups is 1. The molecule has 0 radical (unpaired) electrons. The molecule has 1 heterocycles.